The molecular formula is C19H17F3N4O. The number of benzene rings is 1. The molecular weight excluding hydrogens is 357 g/mol. The van der Waals surface area contributed by atoms with Crippen LogP contribution in [0.4, 0.5) is 13.2 Å². The van der Waals surface area contributed by atoms with E-state index >= 15 is 0 Å². The van der Waals surface area contributed by atoms with Gasteiger partial charge in [0.15, 0.2) is 0 Å². The van der Waals surface area contributed by atoms with E-state index in [1.165, 1.54) is 0 Å². The zero-order chi connectivity index (χ0) is 19.0. The minimum atomic E-state index is -4.45. The Balaban J connectivity index is 1.57. The number of nitrogens with one attached hydrogen (secondary N) is 1. The fourth-order valence-electron chi connectivity index (χ4n) is 3.55. The van der Waals surface area contributed by atoms with Crippen LogP contribution in [0.25, 0.3) is 10.8 Å². The van der Waals surface area contributed by atoms with Crippen molar-refractivity contribution in [1.29, 1.82) is 0 Å². The number of piperidine rings is 1. The molecule has 1 N–H and O–H groups in total. The van der Waals surface area contributed by atoms with Crippen LogP contribution in [0.1, 0.15) is 40.6 Å². The van der Waals surface area contributed by atoms with Crippen molar-refractivity contribution in [2.45, 2.75) is 24.9 Å². The molecule has 3 aromatic rings. The minimum absolute atomic E-state index is 0.126. The largest absolute Gasteiger partial charge is 0.432 e. The van der Waals surface area contributed by atoms with Gasteiger partial charge in [0.05, 0.1) is 6.20 Å². The molecule has 0 spiro atoms. The second-order valence-electron chi connectivity index (χ2n) is 6.67. The van der Waals surface area contributed by atoms with E-state index in [1.54, 1.807) is 35.5 Å². The van der Waals surface area contributed by atoms with Crippen LogP contribution in [0.3, 0.4) is 0 Å². The highest BCUT2D eigenvalue weighted by Crippen LogP contribution is 2.31. The third-order valence-electron chi connectivity index (χ3n) is 4.91. The number of nitrogens with zero attached hydrogens (tertiary/aromatic N) is 3. The molecule has 27 heavy (non-hydrogen) atoms. The summed E-state index contributed by atoms with van der Waals surface area (Å²) in [5.41, 5.74) is -0.284. The Morgan fingerprint density at radius 2 is 2.07 bits per heavy atom. The summed E-state index contributed by atoms with van der Waals surface area (Å²) in [5, 5.41) is 1.69. The van der Waals surface area contributed by atoms with Crippen molar-refractivity contribution in [1.82, 2.24) is 19.9 Å². The monoisotopic (exact) mass is 374 g/mol. The molecule has 3 heterocycles. The molecule has 5 nitrogen and oxygen atoms in total. The number of imidazole rings is 1. The van der Waals surface area contributed by atoms with Crippen LogP contribution < -0.4 is 0 Å². The number of amides is 1. The lowest BCUT2D eigenvalue weighted by molar-refractivity contribution is -0.141. The number of alkyl halides is 3. The number of hydrogen-bond donors (Lipinski definition) is 1. The number of rotatable bonds is 2. The molecule has 1 unspecified atom stereocenters. The summed E-state index contributed by atoms with van der Waals surface area (Å²) in [6.45, 7) is 0.911. The molecule has 1 atom stereocenters. The highest BCUT2D eigenvalue weighted by atomic mass is 19.4. The Morgan fingerprint density at radius 3 is 2.85 bits per heavy atom. The molecule has 1 aliphatic heterocycles. The Kier molecular flexibility index (Phi) is 4.33. The van der Waals surface area contributed by atoms with Crippen molar-refractivity contribution in [2.75, 3.05) is 13.1 Å². The SMILES string of the molecule is O=C(c1cccc2cnccc12)N1CCCC(c2ncc(C(F)(F)F)[nH]2)C1. The van der Waals surface area contributed by atoms with Gasteiger partial charge in [-0.3, -0.25) is 9.78 Å². The first-order valence-corrected chi connectivity index (χ1v) is 8.67. The van der Waals surface area contributed by atoms with Gasteiger partial charge in [-0.2, -0.15) is 13.2 Å². The first-order valence-electron chi connectivity index (χ1n) is 8.67. The fourth-order valence-corrected chi connectivity index (χ4v) is 3.55. The molecule has 8 heteroatoms. The van der Waals surface area contributed by atoms with Gasteiger partial charge < -0.3 is 9.88 Å². The first kappa shape index (κ1) is 17.5. The lowest BCUT2D eigenvalue weighted by atomic mass is 9.96. The average molecular weight is 374 g/mol. The van der Waals surface area contributed by atoms with Crippen molar-refractivity contribution >= 4 is 16.7 Å². The highest BCUT2D eigenvalue weighted by molar-refractivity contribution is 6.06. The summed E-state index contributed by atoms with van der Waals surface area (Å²) in [6, 6.07) is 7.26. The molecule has 1 amide bonds. The van der Waals surface area contributed by atoms with E-state index < -0.39 is 11.9 Å². The summed E-state index contributed by atoms with van der Waals surface area (Å²) in [6.07, 6.45) is 1.10. The van der Waals surface area contributed by atoms with Gasteiger partial charge in [-0.15, -0.1) is 0 Å². The average Bonchev–Trinajstić information content (AvgIpc) is 3.18. The Morgan fingerprint density at radius 1 is 1.22 bits per heavy atom. The number of aromatic amines is 1. The normalized spacial score (nSPS) is 18.0. The zero-order valence-electron chi connectivity index (χ0n) is 14.3. The third kappa shape index (κ3) is 3.39. The standard InChI is InChI=1S/C19H17F3N4O/c20-19(21,22)16-10-24-17(25-16)13-4-2-8-26(11-13)18(27)15-5-1-3-12-9-23-7-6-14(12)15/h1,3,5-7,9-10,13H,2,4,8,11H2,(H,24,25). The van der Waals surface area contributed by atoms with Gasteiger partial charge in [-0.25, -0.2) is 4.98 Å². The van der Waals surface area contributed by atoms with Crippen molar-refractivity contribution < 1.29 is 18.0 Å². The van der Waals surface area contributed by atoms with E-state index in [-0.39, 0.29) is 17.6 Å². The first-order chi connectivity index (χ1) is 12.9. The number of carbonyl (C=O) groups is 1. The second-order valence-corrected chi connectivity index (χ2v) is 6.67. The van der Waals surface area contributed by atoms with Crippen molar-refractivity contribution in [2.24, 2.45) is 0 Å². The minimum Gasteiger partial charge on any atom is -0.338 e. The van der Waals surface area contributed by atoms with E-state index in [9.17, 15) is 18.0 Å². The number of carbonyl (C=O) groups excluding carboxylic acids is 1. The Bertz CT molecular complexity index is 977. The molecule has 1 fully saturated rings. The number of pyridine rings is 1. The molecule has 1 saturated heterocycles. The van der Waals surface area contributed by atoms with E-state index in [2.05, 4.69) is 15.0 Å². The predicted octanol–water partition coefficient (Wildman–Crippen LogP) is 4.00. The Hall–Kier alpha value is -2.90. The number of hydrogen-bond acceptors (Lipinski definition) is 3. The van der Waals surface area contributed by atoms with E-state index in [4.69, 9.17) is 0 Å². The van der Waals surface area contributed by atoms with Gasteiger partial charge in [-0.1, -0.05) is 12.1 Å². The number of H-pyrrole nitrogens is 1. The van der Waals surface area contributed by atoms with Crippen LogP contribution in [0, 0.1) is 0 Å². The third-order valence-corrected chi connectivity index (χ3v) is 4.91. The van der Waals surface area contributed by atoms with Gasteiger partial charge >= 0.3 is 6.18 Å². The van der Waals surface area contributed by atoms with Crippen molar-refractivity contribution in [3.05, 3.63) is 59.9 Å². The lowest BCUT2D eigenvalue weighted by Crippen LogP contribution is -2.39. The molecule has 2 aromatic heterocycles. The summed E-state index contributed by atoms with van der Waals surface area (Å²) in [4.78, 5) is 25.1. The lowest BCUT2D eigenvalue weighted by Gasteiger charge is -2.32. The quantitative estimate of drug-likeness (QED) is 0.738. The molecule has 0 saturated carbocycles. The Labute approximate surface area is 153 Å². The maximum Gasteiger partial charge on any atom is 0.432 e. The van der Waals surface area contributed by atoms with Crippen LogP contribution >= 0.6 is 0 Å². The second kappa shape index (κ2) is 6.68. The van der Waals surface area contributed by atoms with E-state index in [1.807, 2.05) is 6.07 Å². The summed E-state index contributed by atoms with van der Waals surface area (Å²) in [5.74, 6) is -0.0866. The molecule has 4 rings (SSSR count). The van der Waals surface area contributed by atoms with E-state index in [0.29, 0.717) is 31.5 Å². The van der Waals surface area contributed by atoms with E-state index in [0.717, 1.165) is 17.0 Å². The summed E-state index contributed by atoms with van der Waals surface area (Å²) >= 11 is 0. The van der Waals surface area contributed by atoms with Crippen LogP contribution in [0.15, 0.2) is 42.9 Å². The van der Waals surface area contributed by atoms with Gasteiger partial charge in [-0.05, 0) is 30.4 Å². The molecule has 0 aliphatic carbocycles. The number of fused-ring (bicyclic) bond motifs is 1. The number of aromatic nitrogens is 3. The molecule has 0 bridgehead atoms. The number of likely N-dealkylation sites (tertiary alicyclic amines) is 1. The van der Waals surface area contributed by atoms with Crippen molar-refractivity contribution in [3.63, 3.8) is 0 Å². The zero-order valence-corrected chi connectivity index (χ0v) is 14.3. The molecule has 0 radical (unpaired) electrons. The maximum absolute atomic E-state index is 13.0. The molecule has 1 aliphatic rings. The maximum atomic E-state index is 13.0. The molecule has 140 valence electrons. The van der Waals surface area contributed by atoms with Crippen LogP contribution in [-0.2, 0) is 6.18 Å². The highest BCUT2D eigenvalue weighted by Gasteiger charge is 2.35. The summed E-state index contributed by atoms with van der Waals surface area (Å²) in [7, 11) is 0. The summed E-state index contributed by atoms with van der Waals surface area (Å²) < 4.78 is 38.4. The fraction of sp³-hybridized carbons (Fsp3) is 0.316. The topological polar surface area (TPSA) is 61.9 Å². The van der Waals surface area contributed by atoms with Crippen LogP contribution in [-0.4, -0.2) is 38.8 Å². The van der Waals surface area contributed by atoms with Gasteiger partial charge in [0, 0.05) is 42.4 Å². The van der Waals surface area contributed by atoms with Crippen LogP contribution in [0.2, 0.25) is 0 Å². The smallest absolute Gasteiger partial charge is 0.338 e. The van der Waals surface area contributed by atoms with Gasteiger partial charge in [0.2, 0.25) is 0 Å². The number of halogens is 3. The van der Waals surface area contributed by atoms with Gasteiger partial charge in [0.25, 0.3) is 5.91 Å². The predicted molar refractivity (Wildman–Crippen MR) is 93.2 cm³/mol. The van der Waals surface area contributed by atoms with Gasteiger partial charge in [0.1, 0.15) is 11.5 Å². The van der Waals surface area contributed by atoms with Crippen LogP contribution in [0.5, 0.6) is 0 Å². The van der Waals surface area contributed by atoms with Crippen molar-refractivity contribution in [3.8, 4) is 0 Å². The molecule has 1 aromatic carbocycles.